The third-order valence-corrected chi connectivity index (χ3v) is 4.80. The lowest BCUT2D eigenvalue weighted by Crippen LogP contribution is -2.35. The van der Waals surface area contributed by atoms with Crippen LogP contribution < -0.4 is 14.8 Å². The second-order valence-electron chi connectivity index (χ2n) is 6.96. The highest BCUT2D eigenvalue weighted by Gasteiger charge is 2.15. The van der Waals surface area contributed by atoms with Crippen LogP contribution in [0.4, 0.5) is 0 Å². The quantitative estimate of drug-likeness (QED) is 0.776. The fourth-order valence-corrected chi connectivity index (χ4v) is 3.28. The number of methoxy groups -OCH3 is 1. The summed E-state index contributed by atoms with van der Waals surface area (Å²) in [5, 5.41) is 2.96. The Morgan fingerprint density at radius 3 is 2.44 bits per heavy atom. The van der Waals surface area contributed by atoms with E-state index in [4.69, 9.17) is 9.47 Å². The van der Waals surface area contributed by atoms with E-state index in [-0.39, 0.29) is 5.91 Å². The standard InChI is InChI=1S/C22H28N2O3/c1-17(27-21-10-8-20(26-2)9-11-21)22(25)23-15-18-6-5-7-19(14-18)16-24-12-3-4-13-24/h5-11,14,17H,3-4,12-13,15-16H2,1-2H3,(H,23,25)/t17-/m0/s1. The number of hydrogen-bond donors (Lipinski definition) is 1. The molecule has 1 saturated heterocycles. The van der Waals surface area contributed by atoms with Gasteiger partial charge in [0.25, 0.3) is 5.91 Å². The fourth-order valence-electron chi connectivity index (χ4n) is 3.28. The Bertz CT molecular complexity index is 739. The molecule has 0 spiro atoms. The van der Waals surface area contributed by atoms with Crippen LogP contribution in [0.2, 0.25) is 0 Å². The molecule has 5 heteroatoms. The Labute approximate surface area is 161 Å². The Balaban J connectivity index is 1.48. The Hall–Kier alpha value is -2.53. The average molecular weight is 368 g/mol. The number of hydrogen-bond acceptors (Lipinski definition) is 4. The van der Waals surface area contributed by atoms with Crippen LogP contribution in [-0.2, 0) is 17.9 Å². The number of nitrogens with one attached hydrogen (secondary N) is 1. The second-order valence-corrected chi connectivity index (χ2v) is 6.96. The SMILES string of the molecule is COc1ccc(O[C@@H](C)C(=O)NCc2cccc(CN3CCCC3)c2)cc1. The molecule has 1 fully saturated rings. The molecule has 0 radical (unpaired) electrons. The summed E-state index contributed by atoms with van der Waals surface area (Å²) in [5.74, 6) is 1.27. The number of ether oxygens (including phenoxy) is 2. The Morgan fingerprint density at radius 2 is 1.74 bits per heavy atom. The molecule has 27 heavy (non-hydrogen) atoms. The largest absolute Gasteiger partial charge is 0.497 e. The molecule has 144 valence electrons. The molecule has 5 nitrogen and oxygen atoms in total. The predicted molar refractivity (Wildman–Crippen MR) is 106 cm³/mol. The molecular weight excluding hydrogens is 340 g/mol. The van der Waals surface area contributed by atoms with E-state index >= 15 is 0 Å². The van der Waals surface area contributed by atoms with Crippen molar-refractivity contribution in [1.82, 2.24) is 10.2 Å². The van der Waals surface area contributed by atoms with Gasteiger partial charge in [-0.2, -0.15) is 0 Å². The smallest absolute Gasteiger partial charge is 0.261 e. The Kier molecular flexibility index (Phi) is 6.71. The number of nitrogens with zero attached hydrogens (tertiary/aromatic N) is 1. The van der Waals surface area contributed by atoms with Crippen LogP contribution in [0.25, 0.3) is 0 Å². The highest BCUT2D eigenvalue weighted by Crippen LogP contribution is 2.18. The van der Waals surface area contributed by atoms with Crippen LogP contribution in [0.3, 0.4) is 0 Å². The van der Waals surface area contributed by atoms with E-state index in [1.54, 1.807) is 26.2 Å². The highest BCUT2D eigenvalue weighted by molar-refractivity contribution is 5.80. The fraction of sp³-hybridized carbons (Fsp3) is 0.409. The molecule has 1 aliphatic rings. The van der Waals surface area contributed by atoms with E-state index in [0.29, 0.717) is 12.3 Å². The van der Waals surface area contributed by atoms with Crippen LogP contribution >= 0.6 is 0 Å². The van der Waals surface area contributed by atoms with Crippen molar-refractivity contribution in [2.24, 2.45) is 0 Å². The van der Waals surface area contributed by atoms with Gasteiger partial charge in [0, 0.05) is 13.1 Å². The van der Waals surface area contributed by atoms with Gasteiger partial charge in [-0.25, -0.2) is 0 Å². The molecule has 0 aliphatic carbocycles. The number of carbonyl (C=O) groups is 1. The molecule has 1 heterocycles. The van der Waals surface area contributed by atoms with Crippen LogP contribution in [0.1, 0.15) is 30.9 Å². The van der Waals surface area contributed by atoms with Crippen LogP contribution in [0, 0.1) is 0 Å². The number of carbonyl (C=O) groups excluding carboxylic acids is 1. The van der Waals surface area contributed by atoms with Gasteiger partial charge in [-0.1, -0.05) is 24.3 Å². The Morgan fingerprint density at radius 1 is 1.07 bits per heavy atom. The van der Waals surface area contributed by atoms with Crippen LogP contribution in [0.5, 0.6) is 11.5 Å². The molecule has 3 rings (SSSR count). The molecule has 0 saturated carbocycles. The number of amides is 1. The first-order valence-corrected chi connectivity index (χ1v) is 9.52. The van der Waals surface area contributed by atoms with Crippen LogP contribution in [-0.4, -0.2) is 37.1 Å². The molecule has 1 N–H and O–H groups in total. The molecule has 2 aromatic rings. The summed E-state index contributed by atoms with van der Waals surface area (Å²) >= 11 is 0. The monoisotopic (exact) mass is 368 g/mol. The van der Waals surface area contributed by atoms with E-state index in [2.05, 4.69) is 28.4 Å². The molecule has 1 atom stereocenters. The lowest BCUT2D eigenvalue weighted by atomic mass is 10.1. The topological polar surface area (TPSA) is 50.8 Å². The van der Waals surface area contributed by atoms with Gasteiger partial charge in [0.2, 0.25) is 0 Å². The molecule has 1 aliphatic heterocycles. The van der Waals surface area contributed by atoms with Gasteiger partial charge in [-0.3, -0.25) is 9.69 Å². The van der Waals surface area contributed by atoms with Crippen molar-refractivity contribution in [2.75, 3.05) is 20.2 Å². The molecule has 1 amide bonds. The zero-order chi connectivity index (χ0) is 19.1. The number of rotatable bonds is 8. The van der Waals surface area contributed by atoms with Crippen molar-refractivity contribution < 1.29 is 14.3 Å². The minimum atomic E-state index is -0.564. The summed E-state index contributed by atoms with van der Waals surface area (Å²) < 4.78 is 10.8. The van der Waals surface area contributed by atoms with Gasteiger partial charge in [0.05, 0.1) is 7.11 Å². The molecule has 0 bridgehead atoms. The normalized spacial score (nSPS) is 15.3. The first-order valence-electron chi connectivity index (χ1n) is 9.52. The minimum absolute atomic E-state index is 0.129. The average Bonchev–Trinajstić information content (AvgIpc) is 3.20. The number of likely N-dealkylation sites (tertiary alicyclic amines) is 1. The van der Waals surface area contributed by atoms with E-state index in [0.717, 1.165) is 17.9 Å². The van der Waals surface area contributed by atoms with Crippen molar-refractivity contribution >= 4 is 5.91 Å². The zero-order valence-electron chi connectivity index (χ0n) is 16.1. The summed E-state index contributed by atoms with van der Waals surface area (Å²) in [4.78, 5) is 14.8. The third kappa shape index (κ3) is 5.73. The summed E-state index contributed by atoms with van der Waals surface area (Å²) in [7, 11) is 1.62. The first-order chi connectivity index (χ1) is 13.1. The van der Waals surface area contributed by atoms with Crippen molar-refractivity contribution in [1.29, 1.82) is 0 Å². The predicted octanol–water partition coefficient (Wildman–Crippen LogP) is 3.37. The molecular formula is C22H28N2O3. The zero-order valence-corrected chi connectivity index (χ0v) is 16.1. The second kappa shape index (κ2) is 9.42. The van der Waals surface area contributed by atoms with Crippen molar-refractivity contribution in [3.63, 3.8) is 0 Å². The van der Waals surface area contributed by atoms with Gasteiger partial charge in [0.15, 0.2) is 6.10 Å². The summed E-state index contributed by atoms with van der Waals surface area (Å²) in [6.45, 7) is 5.60. The van der Waals surface area contributed by atoms with E-state index in [9.17, 15) is 4.79 Å². The van der Waals surface area contributed by atoms with Gasteiger partial charge in [-0.05, 0) is 68.2 Å². The van der Waals surface area contributed by atoms with Gasteiger partial charge >= 0.3 is 0 Å². The van der Waals surface area contributed by atoms with Gasteiger partial charge < -0.3 is 14.8 Å². The summed E-state index contributed by atoms with van der Waals surface area (Å²) in [6, 6.07) is 15.6. The van der Waals surface area contributed by atoms with Crippen LogP contribution in [0.15, 0.2) is 48.5 Å². The lowest BCUT2D eigenvalue weighted by Gasteiger charge is -2.16. The minimum Gasteiger partial charge on any atom is -0.497 e. The van der Waals surface area contributed by atoms with E-state index in [1.807, 2.05) is 18.2 Å². The summed E-state index contributed by atoms with van der Waals surface area (Å²) in [5.41, 5.74) is 2.41. The maximum absolute atomic E-state index is 12.3. The number of benzene rings is 2. The highest BCUT2D eigenvalue weighted by atomic mass is 16.5. The first kappa shape index (κ1) is 19.2. The molecule has 0 unspecified atom stereocenters. The lowest BCUT2D eigenvalue weighted by molar-refractivity contribution is -0.127. The van der Waals surface area contributed by atoms with Crippen molar-refractivity contribution in [3.05, 3.63) is 59.7 Å². The molecule has 0 aromatic heterocycles. The van der Waals surface area contributed by atoms with Gasteiger partial charge in [0.1, 0.15) is 11.5 Å². The maximum Gasteiger partial charge on any atom is 0.261 e. The van der Waals surface area contributed by atoms with Crippen molar-refractivity contribution in [3.8, 4) is 11.5 Å². The van der Waals surface area contributed by atoms with Crippen molar-refractivity contribution in [2.45, 2.75) is 39.0 Å². The van der Waals surface area contributed by atoms with Gasteiger partial charge in [-0.15, -0.1) is 0 Å². The van der Waals surface area contributed by atoms with E-state index < -0.39 is 6.10 Å². The third-order valence-electron chi connectivity index (χ3n) is 4.80. The maximum atomic E-state index is 12.3. The molecule has 2 aromatic carbocycles. The van der Waals surface area contributed by atoms with E-state index in [1.165, 1.54) is 31.5 Å². The summed E-state index contributed by atoms with van der Waals surface area (Å²) in [6.07, 6.45) is 2.02.